The molecule has 4 heteroatoms. The van der Waals surface area contributed by atoms with E-state index in [4.69, 9.17) is 10.5 Å². The summed E-state index contributed by atoms with van der Waals surface area (Å²) in [5, 5.41) is 0. The van der Waals surface area contributed by atoms with Gasteiger partial charge in [0.25, 0.3) is 0 Å². The van der Waals surface area contributed by atoms with Gasteiger partial charge in [-0.1, -0.05) is 0 Å². The van der Waals surface area contributed by atoms with E-state index in [1.807, 2.05) is 0 Å². The molecule has 1 aliphatic heterocycles. The van der Waals surface area contributed by atoms with Crippen LogP contribution >= 0.6 is 12.4 Å². The second-order valence-electron chi connectivity index (χ2n) is 2.02. The molecule has 1 fully saturated rings. The van der Waals surface area contributed by atoms with Gasteiger partial charge in [-0.3, -0.25) is 4.79 Å². The fourth-order valence-corrected chi connectivity index (χ4v) is 0.734. The molecule has 1 atom stereocenters. The maximum atomic E-state index is 10.5. The molecule has 0 aromatic rings. The van der Waals surface area contributed by atoms with E-state index in [1.54, 1.807) is 0 Å². The molecule has 9 heavy (non-hydrogen) atoms. The number of rotatable bonds is 0. The number of ether oxygens (including phenoxy) is 1. The van der Waals surface area contributed by atoms with E-state index in [2.05, 4.69) is 0 Å². The molecule has 0 saturated carbocycles. The van der Waals surface area contributed by atoms with Gasteiger partial charge in [0.15, 0.2) is 5.78 Å². The van der Waals surface area contributed by atoms with Crippen molar-refractivity contribution in [3.63, 3.8) is 0 Å². The van der Waals surface area contributed by atoms with Crippen molar-refractivity contribution in [3.8, 4) is 0 Å². The highest BCUT2D eigenvalue weighted by Crippen LogP contribution is 1.98. The molecule has 1 unspecified atom stereocenters. The monoisotopic (exact) mass is 151 g/mol. The smallest absolute Gasteiger partial charge is 0.160 e. The van der Waals surface area contributed by atoms with Crippen LogP contribution in [0.2, 0.25) is 0 Å². The van der Waals surface area contributed by atoms with Crippen LogP contribution in [-0.2, 0) is 9.53 Å². The Morgan fingerprint density at radius 1 is 1.67 bits per heavy atom. The second kappa shape index (κ2) is 3.82. The standard InChI is InChI=1S/C5H9NO2.ClH/c6-4-1-5(7)3-8-2-4;/h4H,1-3,6H2;1H. The predicted molar refractivity (Wildman–Crippen MR) is 35.7 cm³/mol. The zero-order valence-electron chi connectivity index (χ0n) is 5.00. The van der Waals surface area contributed by atoms with Crippen LogP contribution in [0.5, 0.6) is 0 Å². The van der Waals surface area contributed by atoms with Gasteiger partial charge in [-0.15, -0.1) is 12.4 Å². The van der Waals surface area contributed by atoms with Crippen LogP contribution in [-0.4, -0.2) is 25.0 Å². The summed E-state index contributed by atoms with van der Waals surface area (Å²) in [4.78, 5) is 10.5. The van der Waals surface area contributed by atoms with Crippen LogP contribution in [0.4, 0.5) is 0 Å². The Morgan fingerprint density at radius 3 is 2.67 bits per heavy atom. The van der Waals surface area contributed by atoms with Gasteiger partial charge >= 0.3 is 0 Å². The Bertz CT molecular complexity index is 107. The fraction of sp³-hybridized carbons (Fsp3) is 0.800. The molecule has 0 radical (unpaired) electrons. The summed E-state index contributed by atoms with van der Waals surface area (Å²) < 4.78 is 4.82. The zero-order valence-corrected chi connectivity index (χ0v) is 5.82. The highest BCUT2D eigenvalue weighted by Gasteiger charge is 2.15. The number of nitrogens with two attached hydrogens (primary N) is 1. The molecule has 0 bridgehead atoms. The van der Waals surface area contributed by atoms with Crippen LogP contribution in [0, 0.1) is 0 Å². The molecule has 1 heterocycles. The van der Waals surface area contributed by atoms with Crippen molar-refractivity contribution in [1.29, 1.82) is 0 Å². The van der Waals surface area contributed by atoms with E-state index >= 15 is 0 Å². The minimum Gasteiger partial charge on any atom is -0.372 e. The Kier molecular flexibility index (Phi) is 3.77. The lowest BCUT2D eigenvalue weighted by atomic mass is 10.1. The van der Waals surface area contributed by atoms with Crippen molar-refractivity contribution < 1.29 is 9.53 Å². The lowest BCUT2D eigenvalue weighted by Gasteiger charge is -2.15. The lowest BCUT2D eigenvalue weighted by molar-refractivity contribution is -0.127. The first-order valence-corrected chi connectivity index (χ1v) is 2.64. The molecule has 54 valence electrons. The topological polar surface area (TPSA) is 52.3 Å². The summed E-state index contributed by atoms with van der Waals surface area (Å²) in [6, 6.07) is -0.0590. The summed E-state index contributed by atoms with van der Waals surface area (Å²) >= 11 is 0. The quantitative estimate of drug-likeness (QED) is 0.519. The number of carbonyl (C=O) groups is 1. The van der Waals surface area contributed by atoms with E-state index < -0.39 is 0 Å². The van der Waals surface area contributed by atoms with Gasteiger partial charge in [0, 0.05) is 12.5 Å². The molecule has 3 nitrogen and oxygen atoms in total. The molecular weight excluding hydrogens is 142 g/mol. The van der Waals surface area contributed by atoms with Crippen molar-refractivity contribution in [3.05, 3.63) is 0 Å². The second-order valence-corrected chi connectivity index (χ2v) is 2.02. The van der Waals surface area contributed by atoms with Crippen LogP contribution in [0.25, 0.3) is 0 Å². The first-order valence-electron chi connectivity index (χ1n) is 2.64. The molecule has 0 amide bonds. The maximum absolute atomic E-state index is 10.5. The number of carbonyl (C=O) groups excluding carboxylic acids is 1. The highest BCUT2D eigenvalue weighted by molar-refractivity contribution is 5.85. The summed E-state index contributed by atoms with van der Waals surface area (Å²) in [5.41, 5.74) is 5.38. The zero-order chi connectivity index (χ0) is 5.98. The SMILES string of the molecule is Cl.NC1COCC(=O)C1. The van der Waals surface area contributed by atoms with Crippen molar-refractivity contribution in [2.24, 2.45) is 5.73 Å². The first-order chi connectivity index (χ1) is 3.79. The lowest BCUT2D eigenvalue weighted by Crippen LogP contribution is -2.35. The van der Waals surface area contributed by atoms with Crippen LogP contribution in [0.3, 0.4) is 0 Å². The number of ketones is 1. The van der Waals surface area contributed by atoms with Gasteiger partial charge in [0.05, 0.1) is 6.61 Å². The van der Waals surface area contributed by atoms with Gasteiger partial charge in [0.2, 0.25) is 0 Å². The summed E-state index contributed by atoms with van der Waals surface area (Å²) in [7, 11) is 0. The number of halogens is 1. The average molecular weight is 152 g/mol. The van der Waals surface area contributed by atoms with E-state index in [0.29, 0.717) is 13.0 Å². The van der Waals surface area contributed by atoms with E-state index in [1.165, 1.54) is 0 Å². The van der Waals surface area contributed by atoms with Crippen molar-refractivity contribution in [2.45, 2.75) is 12.5 Å². The largest absolute Gasteiger partial charge is 0.372 e. The van der Waals surface area contributed by atoms with Crippen LogP contribution in [0.1, 0.15) is 6.42 Å². The average Bonchev–Trinajstić information content (AvgIpc) is 1.64. The van der Waals surface area contributed by atoms with Gasteiger partial charge in [-0.25, -0.2) is 0 Å². The van der Waals surface area contributed by atoms with E-state index in [9.17, 15) is 4.79 Å². The third-order valence-corrected chi connectivity index (χ3v) is 1.08. The molecule has 2 N–H and O–H groups in total. The van der Waals surface area contributed by atoms with Gasteiger partial charge in [-0.05, 0) is 0 Å². The molecule has 1 saturated heterocycles. The summed E-state index contributed by atoms with van der Waals surface area (Å²) in [5.74, 6) is 0.115. The number of hydrogen-bond acceptors (Lipinski definition) is 3. The molecule has 0 aromatic heterocycles. The first kappa shape index (κ1) is 8.88. The number of Topliss-reactive ketones (excluding diaryl/α,β-unsaturated/α-hetero) is 1. The maximum Gasteiger partial charge on any atom is 0.160 e. The van der Waals surface area contributed by atoms with E-state index in [0.717, 1.165) is 0 Å². The highest BCUT2D eigenvalue weighted by atomic mass is 35.5. The van der Waals surface area contributed by atoms with Gasteiger partial charge in [0.1, 0.15) is 6.61 Å². The van der Waals surface area contributed by atoms with Crippen molar-refractivity contribution >= 4 is 18.2 Å². The normalized spacial score (nSPS) is 27.2. The minimum atomic E-state index is -0.0590. The van der Waals surface area contributed by atoms with E-state index in [-0.39, 0.29) is 30.8 Å². The summed E-state index contributed by atoms with van der Waals surface area (Å²) in [6.07, 6.45) is 0.486. The molecule has 0 aromatic carbocycles. The van der Waals surface area contributed by atoms with Gasteiger partial charge in [-0.2, -0.15) is 0 Å². The molecular formula is C5H10ClNO2. The Hall–Kier alpha value is -0.120. The fourth-order valence-electron chi connectivity index (χ4n) is 0.734. The third kappa shape index (κ3) is 2.79. The van der Waals surface area contributed by atoms with Crippen molar-refractivity contribution in [1.82, 2.24) is 0 Å². The van der Waals surface area contributed by atoms with Gasteiger partial charge < -0.3 is 10.5 Å². The Morgan fingerprint density at radius 2 is 2.33 bits per heavy atom. The molecule has 1 rings (SSSR count). The van der Waals surface area contributed by atoms with Crippen LogP contribution < -0.4 is 5.73 Å². The minimum absolute atomic E-state index is 0. The van der Waals surface area contributed by atoms with Crippen molar-refractivity contribution in [2.75, 3.05) is 13.2 Å². The molecule has 0 aliphatic carbocycles. The molecule has 1 aliphatic rings. The third-order valence-electron chi connectivity index (χ3n) is 1.08. The predicted octanol–water partition coefficient (Wildman–Crippen LogP) is -0.275. The molecule has 0 spiro atoms. The Balaban J connectivity index is 0.000000640. The Labute approximate surface area is 60.0 Å². The number of hydrogen-bond donors (Lipinski definition) is 1. The van der Waals surface area contributed by atoms with Crippen LogP contribution in [0.15, 0.2) is 0 Å². The summed E-state index contributed by atoms with van der Waals surface area (Å²) in [6.45, 7) is 0.791.